The first-order valence-corrected chi connectivity index (χ1v) is 7.59. The lowest BCUT2D eigenvalue weighted by Gasteiger charge is -2.06. The Balaban J connectivity index is 1.99. The van der Waals surface area contributed by atoms with Crippen LogP contribution in [0.2, 0.25) is 0 Å². The molecule has 1 rings (SSSR count). The molecule has 0 fully saturated rings. The van der Waals surface area contributed by atoms with Gasteiger partial charge in [0.15, 0.2) is 0 Å². The summed E-state index contributed by atoms with van der Waals surface area (Å²) in [5, 5.41) is 2.86. The van der Waals surface area contributed by atoms with Gasteiger partial charge in [-0.1, -0.05) is 38.0 Å². The van der Waals surface area contributed by atoms with Gasteiger partial charge in [0.1, 0.15) is 0 Å². The van der Waals surface area contributed by atoms with Crippen molar-refractivity contribution < 1.29 is 9.59 Å². The van der Waals surface area contributed by atoms with Gasteiger partial charge in [-0.2, -0.15) is 0 Å². The number of hydrogen-bond donors (Lipinski definition) is 3. The van der Waals surface area contributed by atoms with E-state index in [9.17, 15) is 9.59 Å². The second-order valence-corrected chi connectivity index (χ2v) is 4.91. The maximum absolute atomic E-state index is 11.7. The molecule has 0 saturated carbocycles. The topological polar surface area (TPSA) is 70.2 Å². The van der Waals surface area contributed by atoms with Gasteiger partial charge in [-0.15, -0.1) is 0 Å². The predicted octanol–water partition coefficient (Wildman–Crippen LogP) is 2.61. The molecule has 0 bridgehead atoms. The van der Waals surface area contributed by atoms with Crippen LogP contribution in [0.25, 0.3) is 0 Å². The highest BCUT2D eigenvalue weighted by molar-refractivity contribution is 5.90. The lowest BCUT2D eigenvalue weighted by Crippen LogP contribution is -2.36. The van der Waals surface area contributed by atoms with Crippen molar-refractivity contribution in [1.29, 1.82) is 0 Å². The Bertz CT molecular complexity index is 421. The van der Waals surface area contributed by atoms with E-state index in [-0.39, 0.29) is 11.8 Å². The summed E-state index contributed by atoms with van der Waals surface area (Å²) in [6.45, 7) is 2.66. The van der Waals surface area contributed by atoms with Crippen molar-refractivity contribution in [1.82, 2.24) is 10.9 Å². The van der Waals surface area contributed by atoms with E-state index in [0.29, 0.717) is 12.8 Å². The Morgan fingerprint density at radius 1 is 0.905 bits per heavy atom. The zero-order valence-corrected chi connectivity index (χ0v) is 12.7. The number of carbonyl (C=O) groups excluding carboxylic acids is 2. The molecule has 0 aliphatic carbocycles. The summed E-state index contributed by atoms with van der Waals surface area (Å²) in [6, 6.07) is 9.46. The van der Waals surface area contributed by atoms with Gasteiger partial charge in [-0.3, -0.25) is 15.0 Å². The van der Waals surface area contributed by atoms with E-state index in [2.05, 4.69) is 16.2 Å². The second kappa shape index (κ2) is 10.9. The van der Waals surface area contributed by atoms with Crippen molar-refractivity contribution in [3.05, 3.63) is 30.3 Å². The fourth-order valence-electron chi connectivity index (χ4n) is 1.92. The molecule has 5 heteroatoms. The molecule has 21 heavy (non-hydrogen) atoms. The van der Waals surface area contributed by atoms with Gasteiger partial charge in [-0.25, -0.2) is 5.43 Å². The van der Waals surface area contributed by atoms with Crippen LogP contribution in [-0.2, 0) is 9.59 Å². The minimum Gasteiger partial charge on any atom is -0.326 e. The first kappa shape index (κ1) is 17.2. The molecule has 0 atom stereocenters. The number of hydrazine groups is 1. The number of benzene rings is 1. The minimum absolute atomic E-state index is 0.0265. The summed E-state index contributed by atoms with van der Waals surface area (Å²) in [5.74, 6) is 0.0739. The Hall–Kier alpha value is -1.88. The summed E-state index contributed by atoms with van der Waals surface area (Å²) < 4.78 is 0. The van der Waals surface area contributed by atoms with E-state index in [4.69, 9.17) is 0 Å². The summed E-state index contributed by atoms with van der Waals surface area (Å²) in [5.41, 5.74) is 6.24. The van der Waals surface area contributed by atoms with Crippen LogP contribution in [0.5, 0.6) is 0 Å². The van der Waals surface area contributed by atoms with Gasteiger partial charge in [0.05, 0.1) is 0 Å². The Kier molecular flexibility index (Phi) is 8.88. The average molecular weight is 291 g/mol. The van der Waals surface area contributed by atoms with Crippen LogP contribution < -0.4 is 16.2 Å². The highest BCUT2D eigenvalue weighted by Crippen LogP contribution is 2.09. The van der Waals surface area contributed by atoms with Gasteiger partial charge in [0.25, 0.3) is 0 Å². The number of anilines is 1. The zero-order chi connectivity index (χ0) is 15.3. The maximum Gasteiger partial charge on any atom is 0.234 e. The number of nitrogens with one attached hydrogen (secondary N) is 3. The van der Waals surface area contributed by atoms with Crippen LogP contribution >= 0.6 is 0 Å². The van der Waals surface area contributed by atoms with E-state index < -0.39 is 0 Å². The van der Waals surface area contributed by atoms with Gasteiger partial charge in [0.2, 0.25) is 11.8 Å². The molecule has 1 aromatic rings. The number of rotatable bonds is 10. The third kappa shape index (κ3) is 8.81. The van der Waals surface area contributed by atoms with Crippen LogP contribution in [0.1, 0.15) is 45.4 Å². The molecule has 3 N–H and O–H groups in total. The number of unbranched alkanes of at least 4 members (excludes halogenated alkanes) is 3. The van der Waals surface area contributed by atoms with Crippen molar-refractivity contribution in [2.75, 3.05) is 11.9 Å². The molecule has 5 nitrogen and oxygen atoms in total. The summed E-state index contributed by atoms with van der Waals surface area (Å²) in [6.07, 6.45) is 4.71. The Morgan fingerprint density at radius 3 is 2.14 bits per heavy atom. The average Bonchev–Trinajstić information content (AvgIpc) is 2.49. The van der Waals surface area contributed by atoms with Gasteiger partial charge in [-0.05, 0) is 25.0 Å². The fourth-order valence-corrected chi connectivity index (χ4v) is 1.92. The summed E-state index contributed by atoms with van der Waals surface area (Å²) >= 11 is 0. The van der Waals surface area contributed by atoms with E-state index in [1.807, 2.05) is 37.3 Å². The standard InChI is InChI=1S/C16H25N3O2/c1-2-17-19-16(21)13-9-4-3-8-12-15(20)18-14-10-6-5-7-11-14/h5-7,10-11,17H,2-4,8-9,12-13H2,1H3,(H,18,20)(H,19,21). The first-order chi connectivity index (χ1) is 10.2. The molecule has 0 radical (unpaired) electrons. The molecule has 0 unspecified atom stereocenters. The Labute approximate surface area is 126 Å². The van der Waals surface area contributed by atoms with E-state index in [1.54, 1.807) is 0 Å². The van der Waals surface area contributed by atoms with Crippen molar-refractivity contribution in [3.63, 3.8) is 0 Å². The number of hydrogen-bond acceptors (Lipinski definition) is 3. The molecule has 0 aromatic heterocycles. The van der Waals surface area contributed by atoms with E-state index >= 15 is 0 Å². The molecule has 0 aliphatic rings. The number of carbonyl (C=O) groups is 2. The van der Waals surface area contributed by atoms with Crippen LogP contribution in [0.15, 0.2) is 30.3 Å². The molecule has 1 aromatic carbocycles. The van der Waals surface area contributed by atoms with Gasteiger partial charge in [0, 0.05) is 25.1 Å². The highest BCUT2D eigenvalue weighted by atomic mass is 16.2. The number of para-hydroxylation sites is 1. The third-order valence-corrected chi connectivity index (χ3v) is 3.02. The summed E-state index contributed by atoms with van der Waals surface area (Å²) in [4.78, 5) is 23.0. The second-order valence-electron chi connectivity index (χ2n) is 4.91. The van der Waals surface area contributed by atoms with Crippen molar-refractivity contribution >= 4 is 17.5 Å². The minimum atomic E-state index is 0.0265. The van der Waals surface area contributed by atoms with Crippen LogP contribution in [0.3, 0.4) is 0 Å². The van der Waals surface area contributed by atoms with Crippen LogP contribution in [0.4, 0.5) is 5.69 Å². The first-order valence-electron chi connectivity index (χ1n) is 7.59. The molecular formula is C16H25N3O2. The van der Waals surface area contributed by atoms with Crippen LogP contribution in [0, 0.1) is 0 Å². The maximum atomic E-state index is 11.7. The van der Waals surface area contributed by atoms with Crippen molar-refractivity contribution in [2.45, 2.75) is 45.4 Å². The Morgan fingerprint density at radius 2 is 1.52 bits per heavy atom. The van der Waals surface area contributed by atoms with E-state index in [1.165, 1.54) is 0 Å². The molecule has 2 amide bonds. The van der Waals surface area contributed by atoms with Gasteiger partial charge >= 0.3 is 0 Å². The molecule has 0 spiro atoms. The van der Waals surface area contributed by atoms with E-state index in [0.717, 1.165) is 37.9 Å². The lowest BCUT2D eigenvalue weighted by molar-refractivity contribution is -0.122. The molecule has 0 aliphatic heterocycles. The molecule has 116 valence electrons. The summed E-state index contributed by atoms with van der Waals surface area (Å²) in [7, 11) is 0. The highest BCUT2D eigenvalue weighted by Gasteiger charge is 2.03. The fraction of sp³-hybridized carbons (Fsp3) is 0.500. The van der Waals surface area contributed by atoms with Crippen LogP contribution in [-0.4, -0.2) is 18.4 Å². The lowest BCUT2D eigenvalue weighted by atomic mass is 10.1. The third-order valence-electron chi connectivity index (χ3n) is 3.02. The molecular weight excluding hydrogens is 266 g/mol. The molecule has 0 saturated heterocycles. The van der Waals surface area contributed by atoms with Crippen molar-refractivity contribution in [3.8, 4) is 0 Å². The van der Waals surface area contributed by atoms with Crippen molar-refractivity contribution in [2.24, 2.45) is 0 Å². The SMILES string of the molecule is CCNNC(=O)CCCCCCC(=O)Nc1ccccc1. The predicted molar refractivity (Wildman–Crippen MR) is 84.6 cm³/mol. The normalized spacial score (nSPS) is 10.1. The monoisotopic (exact) mass is 291 g/mol. The largest absolute Gasteiger partial charge is 0.326 e. The van der Waals surface area contributed by atoms with Gasteiger partial charge < -0.3 is 5.32 Å². The quantitative estimate of drug-likeness (QED) is 0.458. The zero-order valence-electron chi connectivity index (χ0n) is 12.7. The smallest absolute Gasteiger partial charge is 0.234 e. The number of amides is 2. The molecule has 0 heterocycles.